The Balaban J connectivity index is 1.49. The van der Waals surface area contributed by atoms with Crippen molar-refractivity contribution in [3.63, 3.8) is 0 Å². The monoisotopic (exact) mass is 405 g/mol. The predicted octanol–water partition coefficient (Wildman–Crippen LogP) is 2.52. The molecule has 4 rings (SSSR count). The fraction of sp³-hybridized carbons (Fsp3) is 0.421. The van der Waals surface area contributed by atoms with Crippen LogP contribution >= 0.6 is 11.3 Å². The quantitative estimate of drug-likeness (QED) is 0.850. The molecule has 27 heavy (non-hydrogen) atoms. The van der Waals surface area contributed by atoms with E-state index in [1.165, 1.54) is 6.26 Å². The van der Waals surface area contributed by atoms with Crippen molar-refractivity contribution in [3.05, 3.63) is 58.3 Å². The van der Waals surface area contributed by atoms with Gasteiger partial charge < -0.3 is 10.2 Å². The topological polar surface area (TPSA) is 69.7 Å². The summed E-state index contributed by atoms with van der Waals surface area (Å²) in [7, 11) is -3.30. The largest absolute Gasteiger partial charge is 0.333 e. The van der Waals surface area contributed by atoms with Gasteiger partial charge in [-0.15, -0.1) is 11.3 Å². The Labute approximate surface area is 163 Å². The van der Waals surface area contributed by atoms with Gasteiger partial charge >= 0.3 is 6.03 Å². The summed E-state index contributed by atoms with van der Waals surface area (Å²) in [5.41, 5.74) is 0.997. The normalized spacial score (nSPS) is 25.5. The Morgan fingerprint density at radius 2 is 1.93 bits per heavy atom. The van der Waals surface area contributed by atoms with Crippen LogP contribution < -0.4 is 5.32 Å². The summed E-state index contributed by atoms with van der Waals surface area (Å²) in [6.45, 7) is 2.17. The van der Waals surface area contributed by atoms with Crippen LogP contribution in [0.5, 0.6) is 0 Å². The Hall–Kier alpha value is -1.90. The van der Waals surface area contributed by atoms with Crippen molar-refractivity contribution in [1.29, 1.82) is 0 Å². The van der Waals surface area contributed by atoms with Crippen LogP contribution in [0.15, 0.2) is 47.8 Å². The van der Waals surface area contributed by atoms with E-state index in [-0.39, 0.29) is 23.9 Å². The Morgan fingerprint density at radius 1 is 1.15 bits per heavy atom. The van der Waals surface area contributed by atoms with Gasteiger partial charge in [0.05, 0.1) is 18.8 Å². The number of nitrogens with zero attached hydrogens (tertiary/aromatic N) is 2. The molecule has 0 radical (unpaired) electrons. The molecule has 2 aliphatic heterocycles. The second-order valence-electron chi connectivity index (χ2n) is 7.26. The third-order valence-corrected chi connectivity index (χ3v) is 7.57. The molecule has 2 amide bonds. The fourth-order valence-electron chi connectivity index (χ4n) is 4.26. The van der Waals surface area contributed by atoms with Crippen molar-refractivity contribution < 1.29 is 13.2 Å². The van der Waals surface area contributed by atoms with E-state index in [0.717, 1.165) is 10.4 Å². The number of fused-ring (bicyclic) bond motifs is 1. The molecule has 2 aliphatic rings. The maximum Gasteiger partial charge on any atom is 0.317 e. The summed E-state index contributed by atoms with van der Waals surface area (Å²) < 4.78 is 26.3. The highest BCUT2D eigenvalue weighted by atomic mass is 32.2. The standard InChI is InChI=1S/C19H23N3O3S2/c1-27(24,25)22-12-15-11-21(19(23)20-10-16-8-5-9-26-16)13-17(15)18(22)14-6-3-2-4-7-14/h2-9,15,17-18H,10-13H2,1H3,(H,20,23)/t15-,17-,18+/m1/s1. The van der Waals surface area contributed by atoms with E-state index in [0.29, 0.717) is 26.2 Å². The van der Waals surface area contributed by atoms with Crippen LogP contribution in [0.25, 0.3) is 0 Å². The second-order valence-corrected chi connectivity index (χ2v) is 10.2. The van der Waals surface area contributed by atoms with Gasteiger partial charge in [0.25, 0.3) is 0 Å². The van der Waals surface area contributed by atoms with E-state index >= 15 is 0 Å². The van der Waals surface area contributed by atoms with E-state index in [1.54, 1.807) is 15.6 Å². The molecular formula is C19H23N3O3S2. The van der Waals surface area contributed by atoms with E-state index < -0.39 is 10.0 Å². The van der Waals surface area contributed by atoms with Gasteiger partial charge in [-0.05, 0) is 22.9 Å². The molecule has 0 saturated carbocycles. The van der Waals surface area contributed by atoms with E-state index in [4.69, 9.17) is 0 Å². The highest BCUT2D eigenvalue weighted by Crippen LogP contribution is 2.46. The van der Waals surface area contributed by atoms with Gasteiger partial charge in [-0.25, -0.2) is 13.2 Å². The number of carbonyl (C=O) groups is 1. The summed E-state index contributed by atoms with van der Waals surface area (Å²) in [6.07, 6.45) is 1.27. The predicted molar refractivity (Wildman–Crippen MR) is 106 cm³/mol. The van der Waals surface area contributed by atoms with Crippen molar-refractivity contribution in [1.82, 2.24) is 14.5 Å². The van der Waals surface area contributed by atoms with Crippen LogP contribution in [-0.4, -0.2) is 49.5 Å². The number of rotatable bonds is 4. The van der Waals surface area contributed by atoms with Crippen molar-refractivity contribution in [3.8, 4) is 0 Å². The van der Waals surface area contributed by atoms with Gasteiger partial charge in [-0.1, -0.05) is 36.4 Å². The minimum absolute atomic E-state index is 0.0736. The van der Waals surface area contributed by atoms with Gasteiger partial charge in [-0.2, -0.15) is 4.31 Å². The van der Waals surface area contributed by atoms with Crippen LogP contribution in [-0.2, 0) is 16.6 Å². The molecule has 0 unspecified atom stereocenters. The van der Waals surface area contributed by atoms with Gasteiger partial charge in [0, 0.05) is 30.4 Å². The highest BCUT2D eigenvalue weighted by Gasteiger charge is 2.51. The molecule has 2 saturated heterocycles. The second kappa shape index (κ2) is 7.26. The van der Waals surface area contributed by atoms with Gasteiger partial charge in [0.15, 0.2) is 0 Å². The van der Waals surface area contributed by atoms with E-state index in [1.807, 2.05) is 52.7 Å². The molecule has 3 heterocycles. The Kier molecular flexibility index (Phi) is 4.96. The summed E-state index contributed by atoms with van der Waals surface area (Å²) in [4.78, 5) is 15.5. The third-order valence-electron chi connectivity index (χ3n) is 5.47. The van der Waals surface area contributed by atoms with E-state index in [2.05, 4.69) is 5.32 Å². The van der Waals surface area contributed by atoms with Crippen LogP contribution in [0.1, 0.15) is 16.5 Å². The smallest absolute Gasteiger partial charge is 0.317 e. The molecule has 1 N–H and O–H groups in total. The van der Waals surface area contributed by atoms with Gasteiger partial charge in [0.1, 0.15) is 0 Å². The number of benzene rings is 1. The van der Waals surface area contributed by atoms with Crippen LogP contribution in [0.4, 0.5) is 4.79 Å². The highest BCUT2D eigenvalue weighted by molar-refractivity contribution is 7.88. The van der Waals surface area contributed by atoms with Crippen LogP contribution in [0.3, 0.4) is 0 Å². The van der Waals surface area contributed by atoms with Crippen LogP contribution in [0, 0.1) is 11.8 Å². The third kappa shape index (κ3) is 3.74. The molecule has 0 bridgehead atoms. The number of carbonyl (C=O) groups excluding carboxylic acids is 1. The van der Waals surface area contributed by atoms with Gasteiger partial charge in [0.2, 0.25) is 10.0 Å². The number of sulfonamides is 1. The fourth-order valence-corrected chi connectivity index (χ4v) is 6.06. The lowest BCUT2D eigenvalue weighted by Gasteiger charge is -2.28. The van der Waals surface area contributed by atoms with Crippen LogP contribution in [0.2, 0.25) is 0 Å². The summed E-state index contributed by atoms with van der Waals surface area (Å²) in [5, 5.41) is 4.97. The zero-order chi connectivity index (χ0) is 19.0. The molecule has 1 aromatic heterocycles. The molecule has 0 spiro atoms. The first kappa shape index (κ1) is 18.5. The molecule has 2 fully saturated rings. The molecular weight excluding hydrogens is 382 g/mol. The number of urea groups is 1. The zero-order valence-electron chi connectivity index (χ0n) is 15.1. The summed E-state index contributed by atoms with van der Waals surface area (Å²) in [6, 6.07) is 13.4. The number of hydrogen-bond acceptors (Lipinski definition) is 4. The summed E-state index contributed by atoms with van der Waals surface area (Å²) in [5.74, 6) is 0.284. The Morgan fingerprint density at radius 3 is 2.59 bits per heavy atom. The number of likely N-dealkylation sites (tertiary alicyclic amines) is 1. The number of amides is 2. The molecule has 2 aromatic rings. The molecule has 8 heteroatoms. The maximum absolute atomic E-state index is 12.6. The van der Waals surface area contributed by atoms with E-state index in [9.17, 15) is 13.2 Å². The molecule has 3 atom stereocenters. The Bertz CT molecular complexity index is 900. The number of hydrogen-bond donors (Lipinski definition) is 1. The number of thiophene rings is 1. The van der Waals surface area contributed by atoms with Crippen molar-refractivity contribution in [2.45, 2.75) is 12.6 Å². The maximum atomic E-state index is 12.6. The summed E-state index contributed by atoms with van der Waals surface area (Å²) >= 11 is 1.62. The molecule has 6 nitrogen and oxygen atoms in total. The first-order chi connectivity index (χ1) is 12.9. The lowest BCUT2D eigenvalue weighted by atomic mass is 9.90. The first-order valence-electron chi connectivity index (χ1n) is 9.00. The lowest BCUT2D eigenvalue weighted by Crippen LogP contribution is -2.41. The average Bonchev–Trinajstić information content (AvgIpc) is 3.35. The minimum Gasteiger partial charge on any atom is -0.333 e. The molecule has 1 aromatic carbocycles. The molecule has 0 aliphatic carbocycles. The van der Waals surface area contributed by atoms with Crippen molar-refractivity contribution in [2.75, 3.05) is 25.9 Å². The minimum atomic E-state index is -3.30. The average molecular weight is 406 g/mol. The van der Waals surface area contributed by atoms with Crippen molar-refractivity contribution in [2.24, 2.45) is 11.8 Å². The SMILES string of the molecule is CS(=O)(=O)N1C[C@H]2CN(C(=O)NCc3cccs3)C[C@H]2[C@@H]1c1ccccc1. The van der Waals surface area contributed by atoms with Gasteiger partial charge in [-0.3, -0.25) is 0 Å². The first-order valence-corrected chi connectivity index (χ1v) is 11.7. The zero-order valence-corrected chi connectivity index (χ0v) is 16.7. The lowest BCUT2D eigenvalue weighted by molar-refractivity contribution is 0.200. The number of nitrogens with one attached hydrogen (secondary N) is 1. The van der Waals surface area contributed by atoms with Crippen molar-refractivity contribution >= 4 is 27.4 Å². The molecule has 144 valence electrons.